The summed E-state index contributed by atoms with van der Waals surface area (Å²) in [4.78, 5) is 26.2. The molecule has 0 amide bonds. The number of carboxylic acids is 2. The molecule has 0 saturated carbocycles. The number of rotatable bonds is 8. The lowest BCUT2D eigenvalue weighted by Crippen LogP contribution is -2.08. The zero-order valence-corrected chi connectivity index (χ0v) is 16.6. The quantitative estimate of drug-likeness (QED) is 0.463. The molecule has 0 aliphatic rings. The molecule has 0 fully saturated rings. The van der Waals surface area contributed by atoms with Gasteiger partial charge in [-0.05, 0) is 35.5 Å². The van der Waals surface area contributed by atoms with Crippen molar-refractivity contribution in [3.8, 4) is 17.5 Å². The third-order valence-electron chi connectivity index (χ3n) is 3.89. The normalized spacial score (nSPS) is 10.6. The molecule has 150 valence electrons. The Morgan fingerprint density at radius 2 is 1.76 bits per heavy atom. The second-order valence-corrected chi connectivity index (χ2v) is 7.82. The molecule has 0 aliphatic heterocycles. The van der Waals surface area contributed by atoms with Crippen molar-refractivity contribution >= 4 is 35.5 Å². The number of aromatic nitrogens is 2. The molecule has 10 heteroatoms. The second-order valence-electron chi connectivity index (χ2n) is 6.09. The van der Waals surface area contributed by atoms with E-state index in [0.717, 1.165) is 5.56 Å². The fourth-order valence-electron chi connectivity index (χ4n) is 2.56. The first-order chi connectivity index (χ1) is 13.8. The SMILES string of the molecule is O=C(O)Cc1ccc(Oc2ccc(Cc3sc(=S)n(CC(=O)O)c3O)cc2)nc1. The predicted molar refractivity (Wildman–Crippen MR) is 107 cm³/mol. The number of carbonyl (C=O) groups is 2. The number of pyridine rings is 1. The highest BCUT2D eigenvalue weighted by Crippen LogP contribution is 2.29. The van der Waals surface area contributed by atoms with Crippen LogP contribution in [-0.2, 0) is 29.0 Å². The molecule has 2 heterocycles. The van der Waals surface area contributed by atoms with E-state index in [2.05, 4.69) is 4.98 Å². The third kappa shape index (κ3) is 5.39. The Morgan fingerprint density at radius 1 is 1.07 bits per heavy atom. The van der Waals surface area contributed by atoms with Gasteiger partial charge in [-0.25, -0.2) is 4.98 Å². The van der Waals surface area contributed by atoms with Crippen LogP contribution in [0.25, 0.3) is 0 Å². The zero-order chi connectivity index (χ0) is 21.0. The average molecular weight is 432 g/mol. The van der Waals surface area contributed by atoms with Gasteiger partial charge < -0.3 is 20.1 Å². The first-order valence-corrected chi connectivity index (χ1v) is 9.61. The van der Waals surface area contributed by atoms with Gasteiger partial charge in [-0.1, -0.05) is 18.2 Å². The highest BCUT2D eigenvalue weighted by atomic mass is 32.1. The molecule has 0 radical (unpaired) electrons. The van der Waals surface area contributed by atoms with E-state index >= 15 is 0 Å². The Hall–Kier alpha value is -3.24. The summed E-state index contributed by atoms with van der Waals surface area (Å²) in [6, 6.07) is 10.4. The van der Waals surface area contributed by atoms with Crippen molar-refractivity contribution in [1.82, 2.24) is 9.55 Å². The first kappa shape index (κ1) is 20.5. The number of hydrogen-bond donors (Lipinski definition) is 3. The summed E-state index contributed by atoms with van der Waals surface area (Å²) >= 11 is 6.29. The molecule has 29 heavy (non-hydrogen) atoms. The third-order valence-corrected chi connectivity index (χ3v) is 5.33. The fourth-order valence-corrected chi connectivity index (χ4v) is 3.93. The molecule has 1 aromatic carbocycles. The van der Waals surface area contributed by atoms with Crippen LogP contribution < -0.4 is 4.74 Å². The van der Waals surface area contributed by atoms with E-state index in [4.69, 9.17) is 27.2 Å². The van der Waals surface area contributed by atoms with Gasteiger partial charge in [-0.3, -0.25) is 14.2 Å². The van der Waals surface area contributed by atoms with Gasteiger partial charge in [0.05, 0.1) is 11.3 Å². The van der Waals surface area contributed by atoms with Crippen molar-refractivity contribution in [2.75, 3.05) is 0 Å². The van der Waals surface area contributed by atoms with Gasteiger partial charge in [0.15, 0.2) is 3.95 Å². The number of carboxylic acid groups (broad SMARTS) is 2. The lowest BCUT2D eigenvalue weighted by atomic mass is 10.1. The maximum atomic E-state index is 10.9. The number of thiazole rings is 1. The number of nitrogens with zero attached hydrogens (tertiary/aromatic N) is 2. The summed E-state index contributed by atoms with van der Waals surface area (Å²) in [6.07, 6.45) is 1.75. The van der Waals surface area contributed by atoms with E-state index in [0.29, 0.717) is 32.4 Å². The smallest absolute Gasteiger partial charge is 0.323 e. The maximum Gasteiger partial charge on any atom is 0.323 e. The molecule has 3 rings (SSSR count). The van der Waals surface area contributed by atoms with Gasteiger partial charge in [0.25, 0.3) is 0 Å². The van der Waals surface area contributed by atoms with Crippen molar-refractivity contribution in [2.24, 2.45) is 0 Å². The monoisotopic (exact) mass is 432 g/mol. The molecule has 0 spiro atoms. The summed E-state index contributed by atoms with van der Waals surface area (Å²) in [6.45, 7) is -0.383. The summed E-state index contributed by atoms with van der Waals surface area (Å²) in [5, 5.41) is 27.9. The first-order valence-electron chi connectivity index (χ1n) is 8.38. The largest absolute Gasteiger partial charge is 0.494 e. The minimum Gasteiger partial charge on any atom is -0.494 e. The van der Waals surface area contributed by atoms with Gasteiger partial charge in [0, 0.05) is 18.7 Å². The van der Waals surface area contributed by atoms with Gasteiger partial charge in [-0.15, -0.1) is 11.3 Å². The van der Waals surface area contributed by atoms with Crippen molar-refractivity contribution in [1.29, 1.82) is 0 Å². The lowest BCUT2D eigenvalue weighted by Gasteiger charge is -2.07. The van der Waals surface area contributed by atoms with E-state index in [1.54, 1.807) is 24.3 Å². The molecule has 0 saturated heterocycles. The number of aromatic hydroxyl groups is 1. The molecule has 8 nitrogen and oxygen atoms in total. The van der Waals surface area contributed by atoms with Crippen molar-refractivity contribution in [3.05, 3.63) is 62.6 Å². The molecular weight excluding hydrogens is 416 g/mol. The van der Waals surface area contributed by atoms with Crippen molar-refractivity contribution < 1.29 is 29.6 Å². The maximum absolute atomic E-state index is 10.9. The van der Waals surface area contributed by atoms with Crippen LogP contribution in [0.5, 0.6) is 17.5 Å². The second kappa shape index (κ2) is 8.84. The molecule has 2 aromatic heterocycles. The van der Waals surface area contributed by atoms with E-state index in [9.17, 15) is 14.7 Å². The summed E-state index contributed by atoms with van der Waals surface area (Å²) in [5.74, 6) is -1.24. The highest BCUT2D eigenvalue weighted by Gasteiger charge is 2.14. The average Bonchev–Trinajstić information content (AvgIpc) is 2.91. The Bertz CT molecular complexity index is 1090. The van der Waals surface area contributed by atoms with Crippen LogP contribution in [0, 0.1) is 3.95 Å². The zero-order valence-electron chi connectivity index (χ0n) is 14.9. The Labute approximate surface area is 174 Å². The van der Waals surface area contributed by atoms with Crippen molar-refractivity contribution in [3.63, 3.8) is 0 Å². The number of benzene rings is 1. The molecule has 3 N–H and O–H groups in total. The lowest BCUT2D eigenvalue weighted by molar-refractivity contribution is -0.138. The molecule has 0 bridgehead atoms. The van der Waals surface area contributed by atoms with Crippen LogP contribution in [-0.4, -0.2) is 36.8 Å². The van der Waals surface area contributed by atoms with Crippen LogP contribution >= 0.6 is 23.6 Å². The molecule has 0 atom stereocenters. The molecule has 3 aromatic rings. The Kier molecular flexibility index (Phi) is 6.25. The highest BCUT2D eigenvalue weighted by molar-refractivity contribution is 7.73. The summed E-state index contributed by atoms with van der Waals surface area (Å²) in [7, 11) is 0. The van der Waals surface area contributed by atoms with Crippen molar-refractivity contribution in [2.45, 2.75) is 19.4 Å². The van der Waals surface area contributed by atoms with E-state index < -0.39 is 11.9 Å². The van der Waals surface area contributed by atoms with Crippen LogP contribution in [0.4, 0.5) is 0 Å². The van der Waals surface area contributed by atoms with Crippen LogP contribution in [0.2, 0.25) is 0 Å². The van der Waals surface area contributed by atoms with Crippen LogP contribution in [0.1, 0.15) is 16.0 Å². The van der Waals surface area contributed by atoms with E-state index in [1.165, 1.54) is 22.1 Å². The topological polar surface area (TPSA) is 122 Å². The minimum atomic E-state index is -1.08. The van der Waals surface area contributed by atoms with Gasteiger partial charge in [-0.2, -0.15) is 0 Å². The number of ether oxygens (including phenoxy) is 1. The van der Waals surface area contributed by atoms with Gasteiger partial charge >= 0.3 is 11.9 Å². The molecule has 0 unspecified atom stereocenters. The number of aliphatic carboxylic acids is 2. The minimum absolute atomic E-state index is 0.101. The fraction of sp³-hybridized carbons (Fsp3) is 0.158. The van der Waals surface area contributed by atoms with E-state index in [-0.39, 0.29) is 18.8 Å². The predicted octanol–water partition coefficient (Wildman–Crippen LogP) is 3.47. The Balaban J connectivity index is 1.67. The van der Waals surface area contributed by atoms with Crippen LogP contribution in [0.15, 0.2) is 42.6 Å². The number of hydrogen-bond acceptors (Lipinski definition) is 7. The van der Waals surface area contributed by atoms with Gasteiger partial charge in [0.1, 0.15) is 12.3 Å². The van der Waals surface area contributed by atoms with Crippen LogP contribution in [0.3, 0.4) is 0 Å². The Morgan fingerprint density at radius 3 is 2.34 bits per heavy atom. The van der Waals surface area contributed by atoms with E-state index in [1.807, 2.05) is 12.1 Å². The molecular formula is C19H16N2O6S2. The summed E-state index contributed by atoms with van der Waals surface area (Å²) < 4.78 is 7.14. The molecule has 0 aliphatic carbocycles. The van der Waals surface area contributed by atoms with Gasteiger partial charge in [0.2, 0.25) is 11.8 Å². The standard InChI is InChI=1S/C19H16N2O6S2/c22-16(23)8-12-3-6-15(20-9-12)27-13-4-1-11(2-5-13)7-14-18(26)21(10-17(24)25)19(28)29-14/h1-6,9,26H,7-8,10H2,(H,22,23)(H,24,25). The summed E-state index contributed by atoms with van der Waals surface area (Å²) in [5.41, 5.74) is 1.47.